The molecule has 0 aromatic carbocycles. The molecule has 0 bridgehead atoms. The van der Waals surface area contributed by atoms with Gasteiger partial charge in [-0.3, -0.25) is 9.78 Å². The van der Waals surface area contributed by atoms with Crippen LogP contribution in [0.15, 0.2) is 12.3 Å². The summed E-state index contributed by atoms with van der Waals surface area (Å²) in [7, 11) is 0. The lowest BCUT2D eigenvalue weighted by atomic mass is 9.93. The lowest BCUT2D eigenvalue weighted by Crippen LogP contribution is -2.39. The first kappa shape index (κ1) is 12.0. The van der Waals surface area contributed by atoms with Gasteiger partial charge in [0.15, 0.2) is 0 Å². The Morgan fingerprint density at radius 2 is 2.24 bits per heavy atom. The number of carbonyl (C=O) groups is 1. The van der Waals surface area contributed by atoms with Crippen molar-refractivity contribution in [2.75, 3.05) is 0 Å². The van der Waals surface area contributed by atoms with E-state index < -0.39 is 0 Å². The third kappa shape index (κ3) is 2.62. The average molecular weight is 236 g/mol. The van der Waals surface area contributed by atoms with E-state index in [4.69, 9.17) is 0 Å². The molecule has 92 valence electrons. The summed E-state index contributed by atoms with van der Waals surface area (Å²) in [5, 5.41) is 2.84. The van der Waals surface area contributed by atoms with Gasteiger partial charge in [0.1, 0.15) is 11.5 Å². The first-order chi connectivity index (χ1) is 8.08. The van der Waals surface area contributed by atoms with Gasteiger partial charge in [0.25, 0.3) is 5.91 Å². The van der Waals surface area contributed by atoms with Crippen molar-refractivity contribution in [2.45, 2.75) is 45.1 Å². The van der Waals surface area contributed by atoms with Crippen LogP contribution in [0.4, 0.5) is 4.39 Å². The number of nitrogens with zero attached hydrogens (tertiary/aromatic N) is 1. The highest BCUT2D eigenvalue weighted by Gasteiger charge is 2.21. The molecular weight excluding hydrogens is 219 g/mol. The Labute approximate surface area is 100 Å². The molecule has 1 fully saturated rings. The number of rotatable bonds is 3. The molecule has 0 radical (unpaired) electrons. The lowest BCUT2D eigenvalue weighted by molar-refractivity contribution is 0.0911. The number of nitrogens with one attached hydrogen (secondary N) is 1. The van der Waals surface area contributed by atoms with E-state index in [0.717, 1.165) is 19.3 Å². The molecule has 0 aliphatic heterocycles. The van der Waals surface area contributed by atoms with Gasteiger partial charge in [-0.25, -0.2) is 4.39 Å². The quantitative estimate of drug-likeness (QED) is 0.876. The van der Waals surface area contributed by atoms with E-state index in [1.807, 2.05) is 13.8 Å². The van der Waals surface area contributed by atoms with Gasteiger partial charge < -0.3 is 5.32 Å². The molecule has 0 saturated heterocycles. The van der Waals surface area contributed by atoms with Crippen LogP contribution in [0.3, 0.4) is 0 Å². The topological polar surface area (TPSA) is 42.0 Å². The minimum absolute atomic E-state index is 0.0752. The van der Waals surface area contributed by atoms with Crippen LogP contribution in [0.1, 0.15) is 55.1 Å². The molecule has 0 atom stereocenters. The predicted octanol–water partition coefficient (Wildman–Crippen LogP) is 2.63. The number of carbonyl (C=O) groups excluding carboxylic acids is 1. The van der Waals surface area contributed by atoms with Crippen LogP contribution in [0.25, 0.3) is 0 Å². The standard InChI is InChI=1S/C13H17FN2O/c1-8(2)10-7-15-12(6-11(10)14)13(17)16-9-4-3-5-9/h6-9H,3-5H2,1-2H3,(H,16,17). The smallest absolute Gasteiger partial charge is 0.270 e. The Kier molecular flexibility index (Phi) is 3.41. The van der Waals surface area contributed by atoms with Crippen LogP contribution in [0.2, 0.25) is 0 Å². The fourth-order valence-corrected chi connectivity index (χ4v) is 1.80. The van der Waals surface area contributed by atoms with E-state index in [0.29, 0.717) is 5.56 Å². The molecule has 1 heterocycles. The summed E-state index contributed by atoms with van der Waals surface area (Å²) in [4.78, 5) is 15.8. The fraction of sp³-hybridized carbons (Fsp3) is 0.538. The van der Waals surface area contributed by atoms with Gasteiger partial charge in [0.2, 0.25) is 0 Å². The molecule has 4 heteroatoms. The lowest BCUT2D eigenvalue weighted by Gasteiger charge is -2.26. The Balaban J connectivity index is 2.10. The van der Waals surface area contributed by atoms with Gasteiger partial charge in [-0.15, -0.1) is 0 Å². The van der Waals surface area contributed by atoms with Crippen molar-refractivity contribution in [2.24, 2.45) is 0 Å². The number of hydrogen-bond acceptors (Lipinski definition) is 2. The molecule has 3 nitrogen and oxygen atoms in total. The van der Waals surface area contributed by atoms with E-state index in [9.17, 15) is 9.18 Å². The summed E-state index contributed by atoms with van der Waals surface area (Å²) in [5.74, 6) is -0.552. The largest absolute Gasteiger partial charge is 0.348 e. The highest BCUT2D eigenvalue weighted by atomic mass is 19.1. The molecule has 17 heavy (non-hydrogen) atoms. The first-order valence-corrected chi connectivity index (χ1v) is 6.04. The summed E-state index contributed by atoms with van der Waals surface area (Å²) in [6.07, 6.45) is 4.63. The first-order valence-electron chi connectivity index (χ1n) is 6.04. The number of pyridine rings is 1. The SMILES string of the molecule is CC(C)c1cnc(C(=O)NC2CCC2)cc1F. The van der Waals surface area contributed by atoms with Crippen LogP contribution in [-0.2, 0) is 0 Å². The van der Waals surface area contributed by atoms with Crippen molar-refractivity contribution < 1.29 is 9.18 Å². The van der Waals surface area contributed by atoms with Crippen molar-refractivity contribution >= 4 is 5.91 Å². The fourth-order valence-electron chi connectivity index (χ4n) is 1.80. The summed E-state index contributed by atoms with van der Waals surface area (Å²) in [6, 6.07) is 1.47. The molecule has 2 rings (SSSR count). The number of aromatic nitrogens is 1. The zero-order chi connectivity index (χ0) is 12.4. The third-order valence-corrected chi connectivity index (χ3v) is 3.18. The Morgan fingerprint density at radius 3 is 2.71 bits per heavy atom. The highest BCUT2D eigenvalue weighted by Crippen LogP contribution is 2.20. The van der Waals surface area contributed by atoms with E-state index >= 15 is 0 Å². The third-order valence-electron chi connectivity index (χ3n) is 3.18. The van der Waals surface area contributed by atoms with Crippen LogP contribution in [-0.4, -0.2) is 16.9 Å². The monoisotopic (exact) mass is 236 g/mol. The number of halogens is 1. The van der Waals surface area contributed by atoms with E-state index in [-0.39, 0.29) is 29.4 Å². The molecule has 1 N–H and O–H groups in total. The number of hydrogen-bond donors (Lipinski definition) is 1. The minimum atomic E-state index is -0.353. The molecule has 1 aliphatic carbocycles. The molecule has 1 amide bonds. The van der Waals surface area contributed by atoms with Gasteiger partial charge >= 0.3 is 0 Å². The molecule has 0 unspecified atom stereocenters. The van der Waals surface area contributed by atoms with Gasteiger partial charge in [0.05, 0.1) is 0 Å². The highest BCUT2D eigenvalue weighted by molar-refractivity contribution is 5.92. The summed E-state index contributed by atoms with van der Waals surface area (Å²) in [6.45, 7) is 3.79. The van der Waals surface area contributed by atoms with Crippen LogP contribution in [0.5, 0.6) is 0 Å². The normalized spacial score (nSPS) is 15.8. The molecule has 1 aromatic rings. The molecule has 1 aliphatic rings. The summed E-state index contributed by atoms with van der Waals surface area (Å²) < 4.78 is 13.7. The maximum absolute atomic E-state index is 13.7. The van der Waals surface area contributed by atoms with Crippen molar-refractivity contribution in [1.82, 2.24) is 10.3 Å². The van der Waals surface area contributed by atoms with E-state index in [1.54, 1.807) is 0 Å². The van der Waals surface area contributed by atoms with Gasteiger partial charge in [0, 0.05) is 23.9 Å². The van der Waals surface area contributed by atoms with Crippen LogP contribution in [0, 0.1) is 5.82 Å². The summed E-state index contributed by atoms with van der Waals surface area (Å²) >= 11 is 0. The minimum Gasteiger partial charge on any atom is -0.348 e. The average Bonchev–Trinajstić information content (AvgIpc) is 2.22. The molecule has 1 saturated carbocycles. The predicted molar refractivity (Wildman–Crippen MR) is 63.4 cm³/mol. The zero-order valence-corrected chi connectivity index (χ0v) is 10.2. The maximum atomic E-state index is 13.7. The van der Waals surface area contributed by atoms with Gasteiger partial charge in [-0.05, 0) is 25.2 Å². The second kappa shape index (κ2) is 4.82. The summed E-state index contributed by atoms with van der Waals surface area (Å²) in [5.41, 5.74) is 0.712. The number of amides is 1. The van der Waals surface area contributed by atoms with E-state index in [2.05, 4.69) is 10.3 Å². The van der Waals surface area contributed by atoms with Crippen molar-refractivity contribution in [3.8, 4) is 0 Å². The Bertz CT molecular complexity index is 427. The maximum Gasteiger partial charge on any atom is 0.270 e. The second-order valence-electron chi connectivity index (χ2n) is 4.85. The van der Waals surface area contributed by atoms with Crippen molar-refractivity contribution in [1.29, 1.82) is 0 Å². The van der Waals surface area contributed by atoms with Gasteiger partial charge in [-0.2, -0.15) is 0 Å². The van der Waals surface area contributed by atoms with E-state index in [1.165, 1.54) is 12.3 Å². The molecule has 1 aromatic heterocycles. The zero-order valence-electron chi connectivity index (χ0n) is 10.2. The van der Waals surface area contributed by atoms with Gasteiger partial charge in [-0.1, -0.05) is 13.8 Å². The van der Waals surface area contributed by atoms with Crippen molar-refractivity contribution in [3.63, 3.8) is 0 Å². The van der Waals surface area contributed by atoms with Crippen LogP contribution < -0.4 is 5.32 Å². The molecular formula is C13H17FN2O. The molecule has 0 spiro atoms. The Morgan fingerprint density at radius 1 is 1.53 bits per heavy atom. The van der Waals surface area contributed by atoms with Crippen molar-refractivity contribution in [3.05, 3.63) is 29.3 Å². The van der Waals surface area contributed by atoms with Crippen LogP contribution >= 0.6 is 0 Å². The Hall–Kier alpha value is -1.45. The second-order valence-corrected chi connectivity index (χ2v) is 4.85.